The second-order valence-electron chi connectivity index (χ2n) is 10.8. The maximum absolute atomic E-state index is 13.5. The van der Waals surface area contributed by atoms with Crippen molar-refractivity contribution < 1.29 is 10.1 Å². The summed E-state index contributed by atoms with van der Waals surface area (Å²) in [6, 6.07) is 31.5. The first-order chi connectivity index (χ1) is 22.8. The Morgan fingerprint density at radius 1 is 0.872 bits per heavy atom. The van der Waals surface area contributed by atoms with Gasteiger partial charge < -0.3 is 10.6 Å². The Morgan fingerprint density at radius 3 is 2.32 bits per heavy atom. The largest absolute Gasteiger partial charge is 0.360 e. The summed E-state index contributed by atoms with van der Waals surface area (Å²) < 4.78 is 1.70. The van der Waals surface area contributed by atoms with Gasteiger partial charge in [0, 0.05) is 17.1 Å². The molecule has 1 atom stereocenters. The first kappa shape index (κ1) is 31.6. The molecule has 4 N–H and O–H groups in total. The fourth-order valence-electron chi connectivity index (χ4n) is 5.34. The van der Waals surface area contributed by atoms with Crippen LogP contribution in [0.4, 0.5) is 23.0 Å². The number of anilines is 2. The predicted molar refractivity (Wildman–Crippen MR) is 189 cm³/mol. The summed E-state index contributed by atoms with van der Waals surface area (Å²) in [4.78, 5) is 38.5. The molecule has 7 rings (SSSR count). The first-order valence-electron chi connectivity index (χ1n) is 14.8. The number of para-hydroxylation sites is 2. The molecule has 1 amide bonds. The van der Waals surface area contributed by atoms with Gasteiger partial charge in [-0.15, -0.1) is 0 Å². The maximum atomic E-state index is 13.5. The number of aliphatic imine (C=N–C) groups is 1. The zero-order valence-corrected chi connectivity index (χ0v) is 27.0. The number of hydrogen-bond donors (Lipinski definition) is 3. The number of benzene rings is 4. The maximum Gasteiger partial charge on any atom is 0.264 e. The number of aromatic nitrogens is 3. The van der Waals surface area contributed by atoms with E-state index in [1.807, 2.05) is 110 Å². The van der Waals surface area contributed by atoms with Crippen LogP contribution in [0.5, 0.6) is 0 Å². The highest BCUT2D eigenvalue weighted by atomic mass is 35.5. The lowest BCUT2D eigenvalue weighted by molar-refractivity contribution is -0.432. The van der Waals surface area contributed by atoms with E-state index in [1.54, 1.807) is 23.0 Å². The number of rotatable bonds is 6. The van der Waals surface area contributed by atoms with Crippen LogP contribution in [-0.4, -0.2) is 26.8 Å². The number of quaternary nitrogens is 1. The second kappa shape index (κ2) is 14.0. The normalized spacial score (nSPS) is 12.2. The zero-order valence-electron chi connectivity index (χ0n) is 25.5. The van der Waals surface area contributed by atoms with Crippen molar-refractivity contribution in [2.24, 2.45) is 4.99 Å². The molecule has 0 fully saturated rings. The molecule has 11 heteroatoms. The van der Waals surface area contributed by atoms with Crippen LogP contribution in [0.1, 0.15) is 34.6 Å². The molecule has 1 aliphatic rings. The minimum Gasteiger partial charge on any atom is -0.360 e. The number of carbonyl (C=O) groups is 1. The summed E-state index contributed by atoms with van der Waals surface area (Å²) in [5, 5.41) is 10.3. The Morgan fingerprint density at radius 2 is 1.57 bits per heavy atom. The van der Waals surface area contributed by atoms with Crippen LogP contribution >= 0.6 is 23.2 Å². The monoisotopic (exact) mass is 662 g/mol. The number of nitrogens with zero attached hydrogens (tertiary/aromatic N) is 4. The summed E-state index contributed by atoms with van der Waals surface area (Å²) in [6.45, 7) is 3.85. The average molecular weight is 664 g/mol. The van der Waals surface area contributed by atoms with Gasteiger partial charge in [0.25, 0.3) is 17.3 Å². The van der Waals surface area contributed by atoms with Crippen molar-refractivity contribution >= 4 is 69.2 Å². The molecule has 0 bridgehead atoms. The highest BCUT2D eigenvalue weighted by Gasteiger charge is 2.22. The molecule has 0 spiro atoms. The van der Waals surface area contributed by atoms with Gasteiger partial charge in [0.05, 0.1) is 27.0 Å². The molecule has 9 nitrogen and oxygen atoms in total. The molecule has 0 radical (unpaired) electrons. The number of aryl methyl sites for hydroxylation is 1. The molecule has 47 heavy (non-hydrogen) atoms. The van der Waals surface area contributed by atoms with Crippen LogP contribution in [-0.2, 0) is 0 Å². The van der Waals surface area contributed by atoms with Crippen molar-refractivity contribution in [3.05, 3.63) is 147 Å². The fraction of sp³-hybridized carbons (Fsp3) is 0.0833. The van der Waals surface area contributed by atoms with E-state index in [4.69, 9.17) is 23.2 Å². The van der Waals surface area contributed by atoms with Crippen LogP contribution in [0, 0.1) is 6.92 Å². The van der Waals surface area contributed by atoms with Crippen molar-refractivity contribution in [1.29, 1.82) is 0 Å². The Balaban J connectivity index is 0.000000193. The number of carbonyl (C=O) groups excluding carboxylic acids is 1. The molecule has 0 saturated heterocycles. The van der Waals surface area contributed by atoms with Crippen molar-refractivity contribution in [3.63, 3.8) is 0 Å². The number of hydrogen-bond acceptors (Lipinski definition) is 6. The van der Waals surface area contributed by atoms with Gasteiger partial charge in [0.15, 0.2) is 17.8 Å². The molecule has 2 aromatic heterocycles. The highest BCUT2D eigenvalue weighted by Crippen LogP contribution is 2.32. The molecular formula is C36H30Cl2N7O2+. The molecular weight excluding hydrogens is 633 g/mol. The summed E-state index contributed by atoms with van der Waals surface area (Å²) in [7, 11) is 0. The van der Waals surface area contributed by atoms with E-state index in [1.165, 1.54) is 6.33 Å². The van der Waals surface area contributed by atoms with Gasteiger partial charge in [-0.25, -0.2) is 4.98 Å². The van der Waals surface area contributed by atoms with Crippen LogP contribution in [0.2, 0.25) is 10.0 Å². The van der Waals surface area contributed by atoms with E-state index < -0.39 is 0 Å². The van der Waals surface area contributed by atoms with E-state index >= 15 is 0 Å². The van der Waals surface area contributed by atoms with Gasteiger partial charge in [-0.1, -0.05) is 83.9 Å². The lowest BCUT2D eigenvalue weighted by atomic mass is 10.1. The van der Waals surface area contributed by atoms with Gasteiger partial charge in [-0.3, -0.25) is 19.5 Å². The van der Waals surface area contributed by atoms with Crippen molar-refractivity contribution in [3.8, 4) is 5.69 Å². The van der Waals surface area contributed by atoms with Crippen LogP contribution in [0.15, 0.2) is 119 Å². The van der Waals surface area contributed by atoms with Gasteiger partial charge >= 0.3 is 0 Å². The van der Waals surface area contributed by atoms with Crippen molar-refractivity contribution in [1.82, 2.24) is 14.5 Å². The van der Waals surface area contributed by atoms with Crippen molar-refractivity contribution in [2.75, 3.05) is 10.6 Å². The van der Waals surface area contributed by atoms with Crippen LogP contribution < -0.4 is 21.5 Å². The second-order valence-corrected chi connectivity index (χ2v) is 11.6. The average Bonchev–Trinajstić information content (AvgIpc) is 3.56. The summed E-state index contributed by atoms with van der Waals surface area (Å²) >= 11 is 12.4. The van der Waals surface area contributed by atoms with E-state index in [-0.39, 0.29) is 17.5 Å². The smallest absolute Gasteiger partial charge is 0.264 e. The Labute approximate surface area is 281 Å². The minimum atomic E-state index is -0.240. The topological polar surface area (TPSA) is 118 Å². The number of amides is 1. The SMILES string of the molecule is C[C@H](Nc1ncnc2c1N=C[NH2+]2)c1cc2cccc(Cl)c2c(=O)n1-c1ccccc1.Cc1cccc(Cl)c1C(=O)Nc1ccccc1. The molecule has 4 aromatic carbocycles. The lowest BCUT2D eigenvalue weighted by Crippen LogP contribution is -2.74. The quantitative estimate of drug-likeness (QED) is 0.172. The van der Waals surface area contributed by atoms with Gasteiger partial charge in [-0.2, -0.15) is 9.98 Å². The number of fused-ring (bicyclic) bond motifs is 2. The minimum absolute atomic E-state index is 0.160. The standard InChI is InChI=1S/C22H17ClN6O.C14H12ClNO/c1-13(28-21-19-20(25-11-24-19)26-12-27-21)17-10-14-6-5-9-16(23)18(14)22(30)29(17)15-7-3-2-4-8-15;1-10-6-5-9-12(15)13(10)14(17)16-11-7-3-2-4-8-11/h2-13H,1H3,(H2,24,25,26,27,28);2-9H,1H3,(H,16,17)/p+1/t13-;/m0./s1. The fourth-order valence-corrected chi connectivity index (χ4v) is 5.92. The summed E-state index contributed by atoms with van der Waals surface area (Å²) in [6.07, 6.45) is 3.20. The molecule has 234 valence electrons. The number of nitrogens with one attached hydrogen (secondary N) is 2. The van der Waals surface area contributed by atoms with E-state index in [9.17, 15) is 9.59 Å². The molecule has 0 aliphatic carbocycles. The predicted octanol–water partition coefficient (Wildman–Crippen LogP) is 7.38. The Hall–Kier alpha value is -5.35. The molecule has 0 saturated carbocycles. The molecule has 0 unspecified atom stereocenters. The third-order valence-corrected chi connectivity index (χ3v) is 8.23. The zero-order chi connectivity index (χ0) is 32.9. The van der Waals surface area contributed by atoms with Gasteiger partial charge in [0.1, 0.15) is 6.33 Å². The Bertz CT molecular complexity index is 2150. The van der Waals surface area contributed by atoms with E-state index in [2.05, 4.69) is 25.6 Å². The molecule has 1 aliphatic heterocycles. The molecule has 3 heterocycles. The van der Waals surface area contributed by atoms with Crippen molar-refractivity contribution in [2.45, 2.75) is 19.9 Å². The third kappa shape index (κ3) is 6.78. The lowest BCUT2D eigenvalue weighted by Gasteiger charge is -2.21. The summed E-state index contributed by atoms with van der Waals surface area (Å²) in [5.74, 6) is 1.21. The first-order valence-corrected chi connectivity index (χ1v) is 15.6. The Kier molecular flexibility index (Phi) is 9.40. The third-order valence-electron chi connectivity index (χ3n) is 7.60. The number of nitrogens with two attached hydrogens (primary N) is 1. The van der Waals surface area contributed by atoms with Gasteiger partial charge in [-0.05, 0) is 67.3 Å². The molecule has 6 aromatic rings. The van der Waals surface area contributed by atoms with Crippen LogP contribution in [0.3, 0.4) is 0 Å². The number of halogens is 2. The van der Waals surface area contributed by atoms with E-state index in [0.29, 0.717) is 32.5 Å². The highest BCUT2D eigenvalue weighted by molar-refractivity contribution is 6.35. The van der Waals surface area contributed by atoms with Crippen LogP contribution in [0.25, 0.3) is 16.5 Å². The number of pyridine rings is 1. The van der Waals surface area contributed by atoms with Gasteiger partial charge in [0.2, 0.25) is 0 Å². The van der Waals surface area contributed by atoms with E-state index in [0.717, 1.165) is 33.8 Å². The summed E-state index contributed by atoms with van der Waals surface area (Å²) in [5.41, 5.74) is 4.25.